The monoisotopic (exact) mass is 218 g/mol. The van der Waals surface area contributed by atoms with Crippen LogP contribution in [0.15, 0.2) is 24.3 Å². The van der Waals surface area contributed by atoms with E-state index < -0.39 is 6.04 Å². The number of nitrogens with two attached hydrogens (primary N) is 1. The fourth-order valence-electron chi connectivity index (χ4n) is 2.00. The number of carbonyl (C=O) groups is 2. The van der Waals surface area contributed by atoms with Gasteiger partial charge in [-0.2, -0.15) is 0 Å². The first-order valence-corrected chi connectivity index (χ1v) is 5.32. The number of para-hydroxylation sites is 1. The molecule has 0 saturated heterocycles. The molecule has 1 aromatic carbocycles. The summed E-state index contributed by atoms with van der Waals surface area (Å²) in [5.74, 6) is -0.169. The molecule has 0 spiro atoms. The molecular formula is C12H14N2O2. The fourth-order valence-corrected chi connectivity index (χ4v) is 2.00. The Labute approximate surface area is 94.0 Å². The van der Waals surface area contributed by atoms with E-state index in [1.165, 1.54) is 4.90 Å². The van der Waals surface area contributed by atoms with Crippen LogP contribution < -0.4 is 10.6 Å². The van der Waals surface area contributed by atoms with Gasteiger partial charge in [0.25, 0.3) is 0 Å². The molecule has 1 aliphatic rings. The van der Waals surface area contributed by atoms with Crippen LogP contribution in [0.5, 0.6) is 0 Å². The maximum Gasteiger partial charge on any atom is 0.244 e. The van der Waals surface area contributed by atoms with Crippen molar-refractivity contribution in [1.29, 1.82) is 0 Å². The number of benzene rings is 1. The average molecular weight is 218 g/mol. The number of aldehydes is 1. The van der Waals surface area contributed by atoms with Crippen molar-refractivity contribution in [1.82, 2.24) is 0 Å². The molecule has 1 heterocycles. The number of amides is 1. The van der Waals surface area contributed by atoms with Gasteiger partial charge >= 0.3 is 0 Å². The lowest BCUT2D eigenvalue weighted by molar-refractivity contribution is -0.121. The lowest BCUT2D eigenvalue weighted by atomic mass is 10.1. The van der Waals surface area contributed by atoms with Gasteiger partial charge in [0.2, 0.25) is 5.91 Å². The van der Waals surface area contributed by atoms with Crippen LogP contribution >= 0.6 is 0 Å². The van der Waals surface area contributed by atoms with E-state index in [1.54, 1.807) is 0 Å². The third kappa shape index (κ3) is 1.84. The summed E-state index contributed by atoms with van der Waals surface area (Å²) < 4.78 is 0. The normalized spacial score (nSPS) is 20.2. The van der Waals surface area contributed by atoms with Gasteiger partial charge < -0.3 is 15.4 Å². The van der Waals surface area contributed by atoms with Crippen molar-refractivity contribution in [3.63, 3.8) is 0 Å². The molecule has 4 heteroatoms. The van der Waals surface area contributed by atoms with E-state index in [0.717, 1.165) is 24.0 Å². The molecule has 2 rings (SSSR count). The van der Waals surface area contributed by atoms with Gasteiger partial charge in [-0.1, -0.05) is 18.2 Å². The molecule has 0 unspecified atom stereocenters. The Morgan fingerprint density at radius 2 is 2.19 bits per heavy atom. The summed E-state index contributed by atoms with van der Waals surface area (Å²) >= 11 is 0. The van der Waals surface area contributed by atoms with Crippen molar-refractivity contribution in [2.24, 2.45) is 5.73 Å². The highest BCUT2D eigenvalue weighted by molar-refractivity contribution is 6.00. The average Bonchev–Trinajstić information content (AvgIpc) is 2.42. The summed E-state index contributed by atoms with van der Waals surface area (Å²) in [6.07, 6.45) is 2.14. The van der Waals surface area contributed by atoms with Crippen LogP contribution in [-0.4, -0.2) is 24.8 Å². The second-order valence-electron chi connectivity index (χ2n) is 3.89. The molecule has 16 heavy (non-hydrogen) atoms. The van der Waals surface area contributed by atoms with Crippen LogP contribution in [0, 0.1) is 0 Å². The molecule has 0 saturated carbocycles. The minimum absolute atomic E-state index is 0.0730. The second kappa shape index (κ2) is 4.45. The first-order valence-electron chi connectivity index (χ1n) is 5.32. The van der Waals surface area contributed by atoms with Crippen LogP contribution in [0.1, 0.15) is 12.0 Å². The highest BCUT2D eigenvalue weighted by Gasteiger charge is 2.27. The minimum atomic E-state index is -0.507. The Kier molecular flexibility index (Phi) is 3.01. The molecule has 4 nitrogen and oxygen atoms in total. The molecule has 1 aliphatic heterocycles. The molecule has 0 radical (unpaired) electrons. The Bertz CT molecular complexity index is 417. The molecule has 1 aromatic rings. The SMILES string of the molecule is N[C@H]1CCc2ccccc2N(CC=O)C1=O. The van der Waals surface area contributed by atoms with E-state index in [0.29, 0.717) is 6.42 Å². The third-order valence-corrected chi connectivity index (χ3v) is 2.85. The summed E-state index contributed by atoms with van der Waals surface area (Å²) in [5, 5.41) is 0. The standard InChI is InChI=1S/C12H14N2O2/c13-10-6-5-9-3-1-2-4-11(9)14(7-8-15)12(10)16/h1-4,8,10H,5-7,13H2/t10-/m0/s1. The molecular weight excluding hydrogens is 204 g/mol. The van der Waals surface area contributed by atoms with Gasteiger partial charge in [0.1, 0.15) is 6.29 Å². The van der Waals surface area contributed by atoms with Crippen LogP contribution in [0.2, 0.25) is 0 Å². The number of carbonyl (C=O) groups excluding carboxylic acids is 2. The van der Waals surface area contributed by atoms with Crippen molar-refractivity contribution in [3.8, 4) is 0 Å². The summed E-state index contributed by atoms with van der Waals surface area (Å²) in [7, 11) is 0. The molecule has 1 atom stereocenters. The van der Waals surface area contributed by atoms with Crippen molar-refractivity contribution in [3.05, 3.63) is 29.8 Å². The Balaban J connectivity index is 2.44. The maximum absolute atomic E-state index is 11.9. The van der Waals surface area contributed by atoms with E-state index in [9.17, 15) is 9.59 Å². The van der Waals surface area contributed by atoms with E-state index in [1.807, 2.05) is 24.3 Å². The predicted octanol–water partition coefficient (Wildman–Crippen LogP) is 0.492. The van der Waals surface area contributed by atoms with E-state index in [2.05, 4.69) is 0 Å². The lowest BCUT2D eigenvalue weighted by Crippen LogP contribution is -2.43. The predicted molar refractivity (Wildman–Crippen MR) is 61.2 cm³/mol. The van der Waals surface area contributed by atoms with Gasteiger partial charge in [0.15, 0.2) is 0 Å². The number of nitrogens with zero attached hydrogens (tertiary/aromatic N) is 1. The van der Waals surface area contributed by atoms with Crippen molar-refractivity contribution < 1.29 is 9.59 Å². The van der Waals surface area contributed by atoms with Crippen LogP contribution in [-0.2, 0) is 16.0 Å². The number of fused-ring (bicyclic) bond motifs is 1. The number of hydrogen-bond donors (Lipinski definition) is 1. The largest absolute Gasteiger partial charge is 0.320 e. The van der Waals surface area contributed by atoms with Crippen LogP contribution in [0.3, 0.4) is 0 Å². The fraction of sp³-hybridized carbons (Fsp3) is 0.333. The van der Waals surface area contributed by atoms with Crippen molar-refractivity contribution in [2.75, 3.05) is 11.4 Å². The number of rotatable bonds is 2. The zero-order chi connectivity index (χ0) is 11.5. The zero-order valence-electron chi connectivity index (χ0n) is 8.93. The molecule has 0 fully saturated rings. The second-order valence-corrected chi connectivity index (χ2v) is 3.89. The van der Waals surface area contributed by atoms with Crippen molar-refractivity contribution >= 4 is 17.9 Å². The van der Waals surface area contributed by atoms with Gasteiger partial charge in [0, 0.05) is 5.69 Å². The van der Waals surface area contributed by atoms with E-state index in [-0.39, 0.29) is 12.5 Å². The number of anilines is 1. The molecule has 0 aromatic heterocycles. The first kappa shape index (κ1) is 10.8. The zero-order valence-corrected chi connectivity index (χ0v) is 8.93. The Hall–Kier alpha value is -1.68. The quantitative estimate of drug-likeness (QED) is 0.735. The minimum Gasteiger partial charge on any atom is -0.320 e. The van der Waals surface area contributed by atoms with Gasteiger partial charge in [-0.15, -0.1) is 0 Å². The Morgan fingerprint density at radius 1 is 1.44 bits per heavy atom. The number of aryl methyl sites for hydroxylation is 1. The van der Waals surface area contributed by atoms with Gasteiger partial charge in [-0.25, -0.2) is 0 Å². The summed E-state index contributed by atoms with van der Waals surface area (Å²) in [4.78, 5) is 24.0. The highest BCUT2D eigenvalue weighted by Crippen LogP contribution is 2.25. The summed E-state index contributed by atoms with van der Waals surface area (Å²) in [6.45, 7) is 0.0730. The summed E-state index contributed by atoms with van der Waals surface area (Å²) in [5.41, 5.74) is 7.66. The highest BCUT2D eigenvalue weighted by atomic mass is 16.2. The molecule has 84 valence electrons. The van der Waals surface area contributed by atoms with Crippen molar-refractivity contribution in [2.45, 2.75) is 18.9 Å². The van der Waals surface area contributed by atoms with E-state index in [4.69, 9.17) is 5.73 Å². The van der Waals surface area contributed by atoms with Gasteiger partial charge in [-0.05, 0) is 24.5 Å². The maximum atomic E-state index is 11.9. The van der Waals surface area contributed by atoms with Crippen LogP contribution in [0.25, 0.3) is 0 Å². The molecule has 2 N–H and O–H groups in total. The van der Waals surface area contributed by atoms with Gasteiger partial charge in [0.05, 0.1) is 12.6 Å². The topological polar surface area (TPSA) is 63.4 Å². The first-order chi connectivity index (χ1) is 7.74. The summed E-state index contributed by atoms with van der Waals surface area (Å²) in [6, 6.07) is 7.11. The molecule has 0 aliphatic carbocycles. The Morgan fingerprint density at radius 3 is 2.94 bits per heavy atom. The lowest BCUT2D eigenvalue weighted by Gasteiger charge is -2.22. The molecule has 0 bridgehead atoms. The smallest absolute Gasteiger partial charge is 0.244 e. The third-order valence-electron chi connectivity index (χ3n) is 2.85. The number of hydrogen-bond acceptors (Lipinski definition) is 3. The van der Waals surface area contributed by atoms with E-state index >= 15 is 0 Å². The van der Waals surface area contributed by atoms with Gasteiger partial charge in [-0.3, -0.25) is 4.79 Å². The molecule has 1 amide bonds. The van der Waals surface area contributed by atoms with Crippen LogP contribution in [0.4, 0.5) is 5.69 Å².